The predicted molar refractivity (Wildman–Crippen MR) is 131 cm³/mol. The third kappa shape index (κ3) is 4.57. The van der Waals surface area contributed by atoms with Gasteiger partial charge in [0.05, 0.1) is 16.8 Å². The van der Waals surface area contributed by atoms with Crippen LogP contribution in [0.2, 0.25) is 0 Å². The molecule has 0 radical (unpaired) electrons. The molecule has 0 fully saturated rings. The van der Waals surface area contributed by atoms with Gasteiger partial charge in [-0.15, -0.1) is 0 Å². The van der Waals surface area contributed by atoms with Crippen molar-refractivity contribution in [3.05, 3.63) is 94.6 Å². The van der Waals surface area contributed by atoms with Crippen molar-refractivity contribution in [1.82, 2.24) is 0 Å². The standard InChI is InChI=1S/C25H21N3O6S/c1-2-6-20(29)28-15-8-5-7-14(11-15)13-27-18-12-19(35(32,33)34)23(26)22-21(18)24(30)16-9-3-4-10-17(16)25(22)31/h2-12,27H,13,26H2,1H3,(H,28,29)(H,32,33,34). The molecule has 3 aromatic carbocycles. The van der Waals surface area contributed by atoms with Crippen molar-refractivity contribution >= 4 is 44.7 Å². The van der Waals surface area contributed by atoms with Gasteiger partial charge < -0.3 is 16.4 Å². The molecule has 0 bridgehead atoms. The topological polar surface area (TPSA) is 156 Å². The maximum Gasteiger partial charge on any atom is 0.296 e. The van der Waals surface area contributed by atoms with Crippen LogP contribution in [0, 0.1) is 0 Å². The average Bonchev–Trinajstić information content (AvgIpc) is 2.81. The summed E-state index contributed by atoms with van der Waals surface area (Å²) in [6.45, 7) is 1.83. The summed E-state index contributed by atoms with van der Waals surface area (Å²) in [5, 5.41) is 5.70. The molecule has 5 N–H and O–H groups in total. The Morgan fingerprint density at radius 3 is 2.29 bits per heavy atom. The second-order valence-electron chi connectivity index (χ2n) is 7.81. The number of nitrogen functional groups attached to an aromatic ring is 1. The van der Waals surface area contributed by atoms with E-state index in [1.54, 1.807) is 49.4 Å². The van der Waals surface area contributed by atoms with Gasteiger partial charge in [0, 0.05) is 29.0 Å². The molecule has 3 aromatic rings. The molecule has 35 heavy (non-hydrogen) atoms. The SMILES string of the molecule is CC=CC(=O)Nc1cccc(CNc2cc(S(=O)(=O)O)c(N)c3c2C(=O)c2ccccc2C3=O)c1. The van der Waals surface area contributed by atoms with Crippen molar-refractivity contribution in [2.75, 3.05) is 16.4 Å². The minimum absolute atomic E-state index is 0.0260. The Labute approximate surface area is 201 Å². The number of nitrogens with two attached hydrogens (primary N) is 1. The van der Waals surface area contributed by atoms with Gasteiger partial charge in [-0.25, -0.2) is 0 Å². The van der Waals surface area contributed by atoms with E-state index in [1.807, 2.05) is 0 Å². The maximum absolute atomic E-state index is 13.3. The van der Waals surface area contributed by atoms with Gasteiger partial charge in [0.15, 0.2) is 11.6 Å². The molecular formula is C25H21N3O6S. The maximum atomic E-state index is 13.3. The summed E-state index contributed by atoms with van der Waals surface area (Å²) in [5.41, 5.74) is 6.65. The number of anilines is 3. The molecule has 4 rings (SSSR count). The molecule has 0 atom stereocenters. The molecule has 1 amide bonds. The molecule has 1 aliphatic rings. The van der Waals surface area contributed by atoms with Crippen LogP contribution in [0.1, 0.15) is 44.3 Å². The molecule has 0 saturated carbocycles. The summed E-state index contributed by atoms with van der Waals surface area (Å²) >= 11 is 0. The van der Waals surface area contributed by atoms with Gasteiger partial charge in [0.1, 0.15) is 4.90 Å². The fourth-order valence-corrected chi connectivity index (χ4v) is 4.58. The number of fused-ring (bicyclic) bond motifs is 2. The van der Waals surface area contributed by atoms with Crippen molar-refractivity contribution in [1.29, 1.82) is 0 Å². The van der Waals surface area contributed by atoms with Crippen molar-refractivity contribution in [3.8, 4) is 0 Å². The smallest absolute Gasteiger partial charge is 0.296 e. The van der Waals surface area contributed by atoms with Crippen molar-refractivity contribution < 1.29 is 27.4 Å². The fourth-order valence-electron chi connectivity index (χ4n) is 3.94. The van der Waals surface area contributed by atoms with Gasteiger partial charge >= 0.3 is 0 Å². The Hall–Kier alpha value is -4.28. The normalized spacial score (nSPS) is 12.9. The van der Waals surface area contributed by atoms with Crippen molar-refractivity contribution in [2.45, 2.75) is 18.4 Å². The summed E-state index contributed by atoms with van der Waals surface area (Å²) in [6, 6.07) is 14.1. The highest BCUT2D eigenvalue weighted by Gasteiger charge is 2.36. The number of rotatable bonds is 6. The molecule has 9 nitrogen and oxygen atoms in total. The van der Waals surface area contributed by atoms with Crippen LogP contribution < -0.4 is 16.4 Å². The number of amides is 1. The van der Waals surface area contributed by atoms with Gasteiger partial charge in [0.25, 0.3) is 10.1 Å². The quantitative estimate of drug-likeness (QED) is 0.182. The molecule has 0 heterocycles. The van der Waals surface area contributed by atoms with E-state index in [9.17, 15) is 27.4 Å². The van der Waals surface area contributed by atoms with Crippen LogP contribution in [0.3, 0.4) is 0 Å². The molecule has 0 spiro atoms. The molecule has 10 heteroatoms. The minimum Gasteiger partial charge on any atom is -0.397 e. The molecule has 0 saturated heterocycles. The zero-order chi connectivity index (χ0) is 25.3. The summed E-state index contributed by atoms with van der Waals surface area (Å²) in [5.74, 6) is -1.42. The highest BCUT2D eigenvalue weighted by molar-refractivity contribution is 7.86. The van der Waals surface area contributed by atoms with E-state index in [4.69, 9.17) is 5.73 Å². The average molecular weight is 492 g/mol. The fraction of sp³-hybridized carbons (Fsp3) is 0.0800. The lowest BCUT2D eigenvalue weighted by Crippen LogP contribution is -2.25. The van der Waals surface area contributed by atoms with Crippen LogP contribution in [0.15, 0.2) is 71.6 Å². The Balaban J connectivity index is 1.77. The Morgan fingerprint density at radius 2 is 1.66 bits per heavy atom. The first-order valence-electron chi connectivity index (χ1n) is 10.5. The number of hydrogen-bond acceptors (Lipinski definition) is 7. The van der Waals surface area contributed by atoms with Crippen LogP contribution in [-0.2, 0) is 21.5 Å². The van der Waals surface area contributed by atoms with Gasteiger partial charge in [-0.3, -0.25) is 18.9 Å². The summed E-state index contributed by atoms with van der Waals surface area (Å²) in [6.07, 6.45) is 2.98. The lowest BCUT2D eigenvalue weighted by molar-refractivity contribution is -0.111. The third-order valence-corrected chi connectivity index (χ3v) is 6.37. The number of benzene rings is 3. The lowest BCUT2D eigenvalue weighted by Gasteiger charge is -2.23. The van der Waals surface area contributed by atoms with E-state index < -0.39 is 32.3 Å². The van der Waals surface area contributed by atoms with E-state index in [1.165, 1.54) is 18.2 Å². The van der Waals surface area contributed by atoms with E-state index in [0.717, 1.165) is 6.07 Å². The largest absolute Gasteiger partial charge is 0.397 e. The Morgan fingerprint density at radius 1 is 1.00 bits per heavy atom. The monoisotopic (exact) mass is 491 g/mol. The molecule has 0 aromatic heterocycles. The zero-order valence-electron chi connectivity index (χ0n) is 18.5. The molecule has 178 valence electrons. The molecular weight excluding hydrogens is 470 g/mol. The molecule has 0 unspecified atom stereocenters. The van der Waals surface area contributed by atoms with Gasteiger partial charge in [-0.1, -0.05) is 42.5 Å². The van der Waals surface area contributed by atoms with Crippen LogP contribution >= 0.6 is 0 Å². The number of carbonyl (C=O) groups is 3. The van der Waals surface area contributed by atoms with Crippen molar-refractivity contribution in [2.24, 2.45) is 0 Å². The molecule has 1 aliphatic carbocycles. The summed E-state index contributed by atoms with van der Waals surface area (Å²) in [4.78, 5) is 37.7. The second-order valence-corrected chi connectivity index (χ2v) is 9.20. The number of ketones is 2. The zero-order valence-corrected chi connectivity index (χ0v) is 19.3. The highest BCUT2D eigenvalue weighted by Crippen LogP contribution is 2.39. The third-order valence-electron chi connectivity index (χ3n) is 5.47. The van der Waals surface area contributed by atoms with Crippen LogP contribution in [-0.4, -0.2) is 30.4 Å². The number of hydrogen-bond donors (Lipinski definition) is 4. The van der Waals surface area contributed by atoms with E-state index in [0.29, 0.717) is 11.3 Å². The number of nitrogens with one attached hydrogen (secondary N) is 2. The number of allylic oxidation sites excluding steroid dienone is 1. The lowest BCUT2D eigenvalue weighted by atomic mass is 9.82. The van der Waals surface area contributed by atoms with Crippen LogP contribution in [0.25, 0.3) is 0 Å². The number of carbonyl (C=O) groups excluding carboxylic acids is 3. The predicted octanol–water partition coefficient (Wildman–Crippen LogP) is 3.42. The van der Waals surface area contributed by atoms with Gasteiger partial charge in [-0.2, -0.15) is 8.42 Å². The summed E-state index contributed by atoms with van der Waals surface area (Å²) in [7, 11) is -4.80. The van der Waals surface area contributed by atoms with E-state index in [-0.39, 0.29) is 40.4 Å². The van der Waals surface area contributed by atoms with Gasteiger partial charge in [0.2, 0.25) is 5.91 Å². The van der Waals surface area contributed by atoms with Crippen LogP contribution in [0.4, 0.5) is 17.1 Å². The first-order chi connectivity index (χ1) is 16.6. The summed E-state index contributed by atoms with van der Waals surface area (Å²) < 4.78 is 33.7. The second kappa shape index (κ2) is 9.16. The van der Waals surface area contributed by atoms with Crippen molar-refractivity contribution in [3.63, 3.8) is 0 Å². The van der Waals surface area contributed by atoms with E-state index in [2.05, 4.69) is 10.6 Å². The first-order valence-corrected chi connectivity index (χ1v) is 11.9. The van der Waals surface area contributed by atoms with Gasteiger partial charge in [-0.05, 0) is 36.8 Å². The van der Waals surface area contributed by atoms with Crippen LogP contribution in [0.5, 0.6) is 0 Å². The van der Waals surface area contributed by atoms with E-state index >= 15 is 0 Å². The Kier molecular flexibility index (Phi) is 6.25. The highest BCUT2D eigenvalue weighted by atomic mass is 32.2. The minimum atomic E-state index is -4.80. The first kappa shape index (κ1) is 23.9. The molecule has 0 aliphatic heterocycles. The Bertz CT molecular complexity index is 1530.